The van der Waals surface area contributed by atoms with Gasteiger partial charge in [0.25, 0.3) is 0 Å². The molecule has 1 aromatic carbocycles. The third-order valence-electron chi connectivity index (χ3n) is 3.13. The zero-order valence-corrected chi connectivity index (χ0v) is 10.6. The molecule has 1 aliphatic heterocycles. The first-order valence-corrected chi connectivity index (χ1v) is 6.28. The Morgan fingerprint density at radius 2 is 2.17 bits per heavy atom. The van der Waals surface area contributed by atoms with E-state index >= 15 is 0 Å². The van der Waals surface area contributed by atoms with Crippen molar-refractivity contribution in [3.8, 4) is 0 Å². The van der Waals surface area contributed by atoms with Crippen molar-refractivity contribution in [1.82, 2.24) is 5.32 Å². The Kier molecular flexibility index (Phi) is 4.73. The van der Waals surface area contributed by atoms with Gasteiger partial charge < -0.3 is 14.8 Å². The molecule has 18 heavy (non-hydrogen) atoms. The van der Waals surface area contributed by atoms with Crippen LogP contribution >= 0.6 is 0 Å². The van der Waals surface area contributed by atoms with Crippen LogP contribution in [0.5, 0.6) is 0 Å². The Labute approximate surface area is 107 Å². The van der Waals surface area contributed by atoms with E-state index in [1.165, 1.54) is 20.0 Å². The van der Waals surface area contributed by atoms with E-state index < -0.39 is 0 Å². The Hall–Kier alpha value is -1.39. The van der Waals surface area contributed by atoms with Crippen molar-refractivity contribution in [2.24, 2.45) is 0 Å². The van der Waals surface area contributed by atoms with Crippen LogP contribution in [0.3, 0.4) is 0 Å². The maximum Gasteiger partial charge on any atom is 0.337 e. The molecule has 98 valence electrons. The first kappa shape index (κ1) is 13.1. The quantitative estimate of drug-likeness (QED) is 0.807. The van der Waals surface area contributed by atoms with Crippen LogP contribution < -0.4 is 5.32 Å². The molecular formula is C14H19NO3. The number of hydrogen-bond acceptors (Lipinski definition) is 4. The van der Waals surface area contributed by atoms with Gasteiger partial charge in [-0.1, -0.05) is 12.1 Å². The Morgan fingerprint density at radius 1 is 1.39 bits per heavy atom. The molecule has 0 aliphatic carbocycles. The highest BCUT2D eigenvalue weighted by molar-refractivity contribution is 5.89. The molecule has 4 nitrogen and oxygen atoms in total. The lowest BCUT2D eigenvalue weighted by Gasteiger charge is -2.10. The van der Waals surface area contributed by atoms with Gasteiger partial charge in [-0.05, 0) is 37.1 Å². The van der Waals surface area contributed by atoms with E-state index in [0.717, 1.165) is 18.7 Å². The summed E-state index contributed by atoms with van der Waals surface area (Å²) >= 11 is 0. The van der Waals surface area contributed by atoms with Crippen LogP contribution in [-0.2, 0) is 16.1 Å². The van der Waals surface area contributed by atoms with E-state index in [0.29, 0.717) is 18.2 Å². The number of benzene rings is 1. The maximum absolute atomic E-state index is 11.3. The minimum absolute atomic E-state index is 0.308. The molecular weight excluding hydrogens is 230 g/mol. The molecule has 1 N–H and O–H groups in total. The molecule has 0 bridgehead atoms. The summed E-state index contributed by atoms with van der Waals surface area (Å²) in [5.74, 6) is -0.308. The predicted octanol–water partition coefficient (Wildman–Crippen LogP) is 1.74. The summed E-state index contributed by atoms with van der Waals surface area (Å²) in [7, 11) is 1.38. The van der Waals surface area contributed by atoms with Crippen molar-refractivity contribution in [1.29, 1.82) is 0 Å². The van der Waals surface area contributed by atoms with Gasteiger partial charge in [0.15, 0.2) is 0 Å². The minimum atomic E-state index is -0.308. The van der Waals surface area contributed by atoms with Gasteiger partial charge in [0.05, 0.1) is 25.9 Å². The highest BCUT2D eigenvalue weighted by Crippen LogP contribution is 2.09. The number of hydrogen-bond donors (Lipinski definition) is 1. The van der Waals surface area contributed by atoms with Crippen LogP contribution in [0.15, 0.2) is 24.3 Å². The fourth-order valence-corrected chi connectivity index (χ4v) is 2.07. The standard InChI is InChI=1S/C14H19NO3/c1-17-14(16)12-6-4-11(5-7-12)9-18-10-13-3-2-8-15-13/h4-7,13,15H,2-3,8-10H2,1H3. The van der Waals surface area contributed by atoms with E-state index in [2.05, 4.69) is 10.1 Å². The Morgan fingerprint density at radius 3 is 2.78 bits per heavy atom. The number of rotatable bonds is 5. The van der Waals surface area contributed by atoms with Gasteiger partial charge in [-0.15, -0.1) is 0 Å². The summed E-state index contributed by atoms with van der Waals surface area (Å²) in [6.07, 6.45) is 2.43. The van der Waals surface area contributed by atoms with E-state index in [9.17, 15) is 4.79 Å². The smallest absolute Gasteiger partial charge is 0.337 e. The van der Waals surface area contributed by atoms with E-state index in [-0.39, 0.29) is 5.97 Å². The number of methoxy groups -OCH3 is 1. The van der Waals surface area contributed by atoms with Crippen molar-refractivity contribution >= 4 is 5.97 Å². The van der Waals surface area contributed by atoms with E-state index in [4.69, 9.17) is 4.74 Å². The largest absolute Gasteiger partial charge is 0.465 e. The molecule has 1 unspecified atom stereocenters. The zero-order chi connectivity index (χ0) is 12.8. The SMILES string of the molecule is COC(=O)c1ccc(COCC2CCCN2)cc1. The van der Waals surface area contributed by atoms with Crippen molar-refractivity contribution < 1.29 is 14.3 Å². The van der Waals surface area contributed by atoms with Crippen LogP contribution in [-0.4, -0.2) is 32.3 Å². The molecule has 0 aromatic heterocycles. The first-order valence-electron chi connectivity index (χ1n) is 6.28. The lowest BCUT2D eigenvalue weighted by Crippen LogP contribution is -2.26. The monoisotopic (exact) mass is 249 g/mol. The Bertz CT molecular complexity index is 383. The molecule has 1 aromatic rings. The number of esters is 1. The fraction of sp³-hybridized carbons (Fsp3) is 0.500. The van der Waals surface area contributed by atoms with Gasteiger partial charge in [-0.3, -0.25) is 0 Å². The van der Waals surface area contributed by atoms with Gasteiger partial charge >= 0.3 is 5.97 Å². The highest BCUT2D eigenvalue weighted by atomic mass is 16.5. The summed E-state index contributed by atoms with van der Waals surface area (Å²) in [5.41, 5.74) is 1.64. The van der Waals surface area contributed by atoms with Crippen LogP contribution in [0.4, 0.5) is 0 Å². The zero-order valence-electron chi connectivity index (χ0n) is 10.6. The number of nitrogens with one attached hydrogen (secondary N) is 1. The number of carbonyl (C=O) groups is 1. The third-order valence-corrected chi connectivity index (χ3v) is 3.13. The van der Waals surface area contributed by atoms with Crippen LogP contribution in [0.1, 0.15) is 28.8 Å². The second-order valence-corrected chi connectivity index (χ2v) is 4.50. The fourth-order valence-electron chi connectivity index (χ4n) is 2.07. The lowest BCUT2D eigenvalue weighted by atomic mass is 10.1. The molecule has 1 aliphatic rings. The summed E-state index contributed by atoms with van der Waals surface area (Å²) in [4.78, 5) is 11.3. The van der Waals surface area contributed by atoms with E-state index in [1.54, 1.807) is 12.1 Å². The summed E-state index contributed by atoms with van der Waals surface area (Å²) < 4.78 is 10.3. The molecule has 0 amide bonds. The van der Waals surface area contributed by atoms with Gasteiger partial charge in [-0.25, -0.2) is 4.79 Å². The molecule has 0 spiro atoms. The maximum atomic E-state index is 11.3. The highest BCUT2D eigenvalue weighted by Gasteiger charge is 2.13. The minimum Gasteiger partial charge on any atom is -0.465 e. The van der Waals surface area contributed by atoms with Crippen LogP contribution in [0.25, 0.3) is 0 Å². The second-order valence-electron chi connectivity index (χ2n) is 4.50. The molecule has 1 fully saturated rings. The topological polar surface area (TPSA) is 47.6 Å². The molecule has 1 saturated heterocycles. The van der Waals surface area contributed by atoms with Crippen molar-refractivity contribution in [3.63, 3.8) is 0 Å². The lowest BCUT2D eigenvalue weighted by molar-refractivity contribution is 0.0600. The van der Waals surface area contributed by atoms with Crippen LogP contribution in [0.2, 0.25) is 0 Å². The molecule has 1 heterocycles. The molecule has 1 atom stereocenters. The number of ether oxygens (including phenoxy) is 2. The van der Waals surface area contributed by atoms with Crippen LogP contribution in [0, 0.1) is 0 Å². The van der Waals surface area contributed by atoms with Gasteiger partial charge in [0.1, 0.15) is 0 Å². The average Bonchev–Trinajstić information content (AvgIpc) is 2.92. The Balaban J connectivity index is 1.77. The third kappa shape index (κ3) is 3.55. The molecule has 0 radical (unpaired) electrons. The van der Waals surface area contributed by atoms with Gasteiger partial charge in [-0.2, -0.15) is 0 Å². The van der Waals surface area contributed by atoms with Crippen molar-refractivity contribution in [2.45, 2.75) is 25.5 Å². The molecule has 2 rings (SSSR count). The molecule has 4 heteroatoms. The van der Waals surface area contributed by atoms with E-state index in [1.807, 2.05) is 12.1 Å². The molecule has 0 saturated carbocycles. The second kappa shape index (κ2) is 6.52. The van der Waals surface area contributed by atoms with Gasteiger partial charge in [0, 0.05) is 6.04 Å². The summed E-state index contributed by atoms with van der Waals surface area (Å²) in [6, 6.07) is 7.82. The summed E-state index contributed by atoms with van der Waals surface area (Å²) in [5, 5.41) is 3.39. The number of carbonyl (C=O) groups excluding carboxylic acids is 1. The first-order chi connectivity index (χ1) is 8.79. The predicted molar refractivity (Wildman–Crippen MR) is 68.5 cm³/mol. The average molecular weight is 249 g/mol. The normalized spacial score (nSPS) is 18.8. The van der Waals surface area contributed by atoms with Crippen molar-refractivity contribution in [3.05, 3.63) is 35.4 Å². The van der Waals surface area contributed by atoms with Gasteiger partial charge in [0.2, 0.25) is 0 Å². The summed E-state index contributed by atoms with van der Waals surface area (Å²) in [6.45, 7) is 2.43. The van der Waals surface area contributed by atoms with Crippen molar-refractivity contribution in [2.75, 3.05) is 20.3 Å².